The van der Waals surface area contributed by atoms with E-state index in [1.807, 2.05) is 31.2 Å². The van der Waals surface area contributed by atoms with Crippen molar-refractivity contribution in [3.05, 3.63) is 94.7 Å². The van der Waals surface area contributed by atoms with Gasteiger partial charge in [0.2, 0.25) is 0 Å². The van der Waals surface area contributed by atoms with Crippen LogP contribution in [0.2, 0.25) is 0 Å². The summed E-state index contributed by atoms with van der Waals surface area (Å²) in [6.45, 7) is 12.3. The van der Waals surface area contributed by atoms with Crippen molar-refractivity contribution in [2.45, 2.75) is 54.4 Å². The van der Waals surface area contributed by atoms with Gasteiger partial charge < -0.3 is 4.74 Å². The van der Waals surface area contributed by atoms with Gasteiger partial charge in [-0.2, -0.15) is 0 Å². The summed E-state index contributed by atoms with van der Waals surface area (Å²) in [6, 6.07) is 0. The first-order valence-electron chi connectivity index (χ1n) is 9.68. The first-order valence-corrected chi connectivity index (χ1v) is 9.68. The molecule has 2 heteroatoms. The van der Waals surface area contributed by atoms with Crippen LogP contribution in [0.4, 0.5) is 0 Å². The molecule has 0 amide bonds. The van der Waals surface area contributed by atoms with E-state index in [0.717, 1.165) is 18.4 Å². The second-order valence-electron chi connectivity index (χ2n) is 7.10. The van der Waals surface area contributed by atoms with E-state index in [2.05, 4.69) is 68.9 Å². The molecule has 152 valence electrons. The van der Waals surface area contributed by atoms with Crippen molar-refractivity contribution in [3.63, 3.8) is 0 Å². The zero-order valence-electron chi connectivity index (χ0n) is 18.6. The van der Waals surface area contributed by atoms with Crippen LogP contribution in [0.5, 0.6) is 0 Å². The summed E-state index contributed by atoms with van der Waals surface area (Å²) in [5.74, 6) is -0.308. The van der Waals surface area contributed by atoms with Crippen LogP contribution in [-0.2, 0) is 9.53 Å². The average Bonchev–Trinajstić information content (AvgIpc) is 2.64. The first kappa shape index (κ1) is 25.4. The zero-order chi connectivity index (χ0) is 21.4. The second-order valence-corrected chi connectivity index (χ2v) is 7.10. The number of ether oxygens (including phenoxy) is 1. The standard InChI is InChI=1S/C26H36O2/c1-21(2)13-10-15-23(4)17-12-19-24(5)18-11-16-22(3)14-8-9-20-25(6)26(27)28-7/h8-9,11-14,16-20H,10,15H2,1-7H3/b9-8+,16-11+,19-12+,22-14+,23-17-,24-18+,25-20+. The molecule has 0 aromatic heterocycles. The van der Waals surface area contributed by atoms with Gasteiger partial charge in [-0.1, -0.05) is 89.1 Å². The van der Waals surface area contributed by atoms with E-state index in [1.54, 1.807) is 13.0 Å². The van der Waals surface area contributed by atoms with Gasteiger partial charge in [0, 0.05) is 5.57 Å². The third-order valence-electron chi connectivity index (χ3n) is 3.87. The number of carbonyl (C=O) groups excluding carboxylic acids is 1. The first-order chi connectivity index (χ1) is 13.3. The molecule has 0 saturated heterocycles. The molecule has 0 unspecified atom stereocenters. The van der Waals surface area contributed by atoms with Crippen LogP contribution in [-0.4, -0.2) is 13.1 Å². The molecule has 0 aliphatic heterocycles. The average molecular weight is 381 g/mol. The molecule has 0 aromatic carbocycles. The molecule has 0 fully saturated rings. The fourth-order valence-electron chi connectivity index (χ4n) is 2.14. The van der Waals surface area contributed by atoms with E-state index in [-0.39, 0.29) is 5.97 Å². The van der Waals surface area contributed by atoms with Crippen LogP contribution in [0.25, 0.3) is 0 Å². The number of allylic oxidation sites excluding steroid dienone is 15. The van der Waals surface area contributed by atoms with Gasteiger partial charge in [-0.15, -0.1) is 0 Å². The van der Waals surface area contributed by atoms with Crippen LogP contribution >= 0.6 is 0 Å². The van der Waals surface area contributed by atoms with Gasteiger partial charge in [0.05, 0.1) is 7.11 Å². The summed E-state index contributed by atoms with van der Waals surface area (Å²) in [7, 11) is 1.38. The number of rotatable bonds is 10. The van der Waals surface area contributed by atoms with Crippen LogP contribution in [0.15, 0.2) is 94.7 Å². The van der Waals surface area contributed by atoms with Crippen LogP contribution < -0.4 is 0 Å². The third kappa shape index (κ3) is 14.5. The Kier molecular flexibility index (Phi) is 14.0. The number of carbonyl (C=O) groups is 1. The summed E-state index contributed by atoms with van der Waals surface area (Å²) in [5, 5.41) is 0. The van der Waals surface area contributed by atoms with Crippen molar-refractivity contribution in [3.8, 4) is 0 Å². The second kappa shape index (κ2) is 15.4. The highest BCUT2D eigenvalue weighted by atomic mass is 16.5. The van der Waals surface area contributed by atoms with E-state index >= 15 is 0 Å². The molecule has 2 nitrogen and oxygen atoms in total. The van der Waals surface area contributed by atoms with Gasteiger partial charge in [-0.3, -0.25) is 0 Å². The normalized spacial score (nSPS) is 14.4. The number of esters is 1. The SMILES string of the molecule is COC(=O)/C(C)=C/C=C/C=C(C)/C=C/C=C(C)/C=C/C=C(/C)CCC=C(C)C. The molecule has 0 radical (unpaired) electrons. The van der Waals surface area contributed by atoms with Crippen molar-refractivity contribution in [1.29, 1.82) is 0 Å². The molecule has 0 atom stereocenters. The molecule has 0 aliphatic rings. The minimum Gasteiger partial charge on any atom is -0.466 e. The molecule has 0 N–H and O–H groups in total. The smallest absolute Gasteiger partial charge is 0.333 e. The Bertz CT molecular complexity index is 728. The van der Waals surface area contributed by atoms with Gasteiger partial charge >= 0.3 is 5.97 Å². The molecule has 28 heavy (non-hydrogen) atoms. The van der Waals surface area contributed by atoms with Gasteiger partial charge in [-0.05, 0) is 54.4 Å². The van der Waals surface area contributed by atoms with Gasteiger partial charge in [0.25, 0.3) is 0 Å². The summed E-state index contributed by atoms with van der Waals surface area (Å²) < 4.78 is 4.65. The molecule has 0 aromatic rings. The topological polar surface area (TPSA) is 26.3 Å². The summed E-state index contributed by atoms with van der Waals surface area (Å²) in [6.07, 6.45) is 24.6. The van der Waals surface area contributed by atoms with Crippen molar-refractivity contribution >= 4 is 5.97 Å². The number of methoxy groups -OCH3 is 1. The van der Waals surface area contributed by atoms with Gasteiger partial charge in [0.1, 0.15) is 0 Å². The lowest BCUT2D eigenvalue weighted by atomic mass is 10.1. The largest absolute Gasteiger partial charge is 0.466 e. The quantitative estimate of drug-likeness (QED) is 0.171. The maximum Gasteiger partial charge on any atom is 0.333 e. The lowest BCUT2D eigenvalue weighted by Crippen LogP contribution is -2.00. The van der Waals surface area contributed by atoms with Crippen LogP contribution in [0, 0.1) is 0 Å². The molecule has 0 spiro atoms. The monoisotopic (exact) mass is 380 g/mol. The highest BCUT2D eigenvalue weighted by molar-refractivity contribution is 5.87. The maximum absolute atomic E-state index is 11.3. The molecular weight excluding hydrogens is 344 g/mol. The third-order valence-corrected chi connectivity index (χ3v) is 3.87. The Labute approximate surface area is 172 Å². The van der Waals surface area contributed by atoms with Crippen molar-refractivity contribution < 1.29 is 9.53 Å². The maximum atomic E-state index is 11.3. The Hall–Kier alpha value is -2.61. The van der Waals surface area contributed by atoms with Crippen LogP contribution in [0.1, 0.15) is 54.4 Å². The fraction of sp³-hybridized carbons (Fsp3) is 0.346. The van der Waals surface area contributed by atoms with Crippen LogP contribution in [0.3, 0.4) is 0 Å². The molecular formula is C26H36O2. The van der Waals surface area contributed by atoms with Crippen molar-refractivity contribution in [2.24, 2.45) is 0 Å². The summed E-state index contributed by atoms with van der Waals surface area (Å²) >= 11 is 0. The molecule has 0 aliphatic carbocycles. The molecule has 0 heterocycles. The van der Waals surface area contributed by atoms with Crippen molar-refractivity contribution in [1.82, 2.24) is 0 Å². The highest BCUT2D eigenvalue weighted by Gasteiger charge is 1.99. The lowest BCUT2D eigenvalue weighted by Gasteiger charge is -1.96. The fourth-order valence-corrected chi connectivity index (χ4v) is 2.14. The highest BCUT2D eigenvalue weighted by Crippen LogP contribution is 2.07. The van der Waals surface area contributed by atoms with E-state index in [4.69, 9.17) is 0 Å². The Morgan fingerprint density at radius 2 is 1.29 bits per heavy atom. The molecule has 0 saturated carbocycles. The molecule has 0 bridgehead atoms. The van der Waals surface area contributed by atoms with E-state index in [9.17, 15) is 4.79 Å². The Balaban J connectivity index is 4.58. The van der Waals surface area contributed by atoms with E-state index in [0.29, 0.717) is 5.57 Å². The van der Waals surface area contributed by atoms with Crippen molar-refractivity contribution in [2.75, 3.05) is 7.11 Å². The minimum absolute atomic E-state index is 0.308. The van der Waals surface area contributed by atoms with E-state index < -0.39 is 0 Å². The number of hydrogen-bond acceptors (Lipinski definition) is 2. The number of hydrogen-bond donors (Lipinski definition) is 0. The van der Waals surface area contributed by atoms with Gasteiger partial charge in [-0.25, -0.2) is 4.79 Å². The Morgan fingerprint density at radius 1 is 0.750 bits per heavy atom. The molecule has 0 rings (SSSR count). The predicted octanol–water partition coefficient (Wildman–Crippen LogP) is 7.36. The van der Waals surface area contributed by atoms with Gasteiger partial charge in [0.15, 0.2) is 0 Å². The summed E-state index contributed by atoms with van der Waals surface area (Å²) in [5.41, 5.74) is 5.67. The lowest BCUT2D eigenvalue weighted by molar-refractivity contribution is -0.136. The predicted molar refractivity (Wildman–Crippen MR) is 123 cm³/mol. The minimum atomic E-state index is -0.308. The Morgan fingerprint density at radius 3 is 1.86 bits per heavy atom. The summed E-state index contributed by atoms with van der Waals surface area (Å²) in [4.78, 5) is 11.3. The van der Waals surface area contributed by atoms with E-state index in [1.165, 1.54) is 23.8 Å². The zero-order valence-corrected chi connectivity index (χ0v) is 18.6.